The zero-order valence-corrected chi connectivity index (χ0v) is 11.2. The molecule has 0 aromatic carbocycles. The molecule has 0 aliphatic carbocycles. The molecule has 0 aliphatic heterocycles. The third kappa shape index (κ3) is 5.76. The number of nitrogens with zero attached hydrogens (tertiary/aromatic N) is 2. The maximum atomic E-state index is 12.1. The lowest BCUT2D eigenvalue weighted by Gasteiger charge is -2.13. The second-order valence-electron chi connectivity index (χ2n) is 4.43. The summed E-state index contributed by atoms with van der Waals surface area (Å²) >= 11 is 0. The predicted molar refractivity (Wildman–Crippen MR) is 66.5 cm³/mol. The zero-order valence-electron chi connectivity index (χ0n) is 11.2. The molecular weight excluding hydrogens is 259 g/mol. The maximum absolute atomic E-state index is 12.1. The van der Waals surface area contributed by atoms with Crippen LogP contribution in [0.2, 0.25) is 0 Å². The highest BCUT2D eigenvalue weighted by molar-refractivity contribution is 5.38. The van der Waals surface area contributed by atoms with Crippen molar-refractivity contribution < 1.29 is 17.9 Å². The van der Waals surface area contributed by atoms with E-state index in [0.29, 0.717) is 18.2 Å². The lowest BCUT2D eigenvalue weighted by molar-refractivity contribution is -0.154. The summed E-state index contributed by atoms with van der Waals surface area (Å²) in [5.41, 5.74) is 0. The Morgan fingerprint density at radius 3 is 2.53 bits per heavy atom. The van der Waals surface area contributed by atoms with Crippen molar-refractivity contribution >= 4 is 5.82 Å². The normalized spacial score (nSPS) is 11.7. The van der Waals surface area contributed by atoms with Crippen molar-refractivity contribution in [1.29, 1.82) is 0 Å². The molecule has 7 heteroatoms. The van der Waals surface area contributed by atoms with Crippen LogP contribution >= 0.6 is 0 Å². The molecule has 1 N–H and O–H groups in total. The number of aromatic nitrogens is 2. The molecule has 0 bridgehead atoms. The van der Waals surface area contributed by atoms with E-state index in [1.807, 2.05) is 20.8 Å². The minimum absolute atomic E-state index is 0.0108. The number of hydrogen-bond donors (Lipinski definition) is 1. The number of ether oxygens (including phenoxy) is 1. The second kappa shape index (κ2) is 6.58. The molecule has 0 spiro atoms. The largest absolute Gasteiger partial charge is 0.468 e. The van der Waals surface area contributed by atoms with Gasteiger partial charge in [-0.2, -0.15) is 18.2 Å². The summed E-state index contributed by atoms with van der Waals surface area (Å²) in [7, 11) is 0. The van der Waals surface area contributed by atoms with Gasteiger partial charge in [-0.1, -0.05) is 20.8 Å². The van der Waals surface area contributed by atoms with Crippen LogP contribution in [0.25, 0.3) is 0 Å². The van der Waals surface area contributed by atoms with Gasteiger partial charge in [-0.15, -0.1) is 0 Å². The minimum atomic E-state index is -4.38. The van der Waals surface area contributed by atoms with Gasteiger partial charge < -0.3 is 10.1 Å². The molecular formula is C12H18F3N3O. The van der Waals surface area contributed by atoms with Gasteiger partial charge >= 0.3 is 6.18 Å². The summed E-state index contributed by atoms with van der Waals surface area (Å²) in [4.78, 5) is 8.20. The van der Waals surface area contributed by atoms with Crippen molar-refractivity contribution in [3.63, 3.8) is 0 Å². The highest BCUT2D eigenvalue weighted by Crippen LogP contribution is 2.21. The van der Waals surface area contributed by atoms with Gasteiger partial charge in [0.25, 0.3) is 0 Å². The average Bonchev–Trinajstić information content (AvgIpc) is 2.32. The number of nitrogens with one attached hydrogen (secondary N) is 1. The first-order valence-corrected chi connectivity index (χ1v) is 6.14. The van der Waals surface area contributed by atoms with E-state index in [0.717, 1.165) is 6.42 Å². The van der Waals surface area contributed by atoms with Gasteiger partial charge in [0.15, 0.2) is 6.61 Å². The van der Waals surface area contributed by atoms with Gasteiger partial charge in [0, 0.05) is 18.5 Å². The molecule has 1 aromatic heterocycles. The summed E-state index contributed by atoms with van der Waals surface area (Å²) < 4.78 is 41.0. The number of halogens is 3. The van der Waals surface area contributed by atoms with Crippen molar-refractivity contribution in [3.05, 3.63) is 11.9 Å². The van der Waals surface area contributed by atoms with Crippen molar-refractivity contribution in [2.24, 2.45) is 0 Å². The molecule has 0 unspecified atom stereocenters. The third-order valence-corrected chi connectivity index (χ3v) is 2.18. The van der Waals surface area contributed by atoms with Gasteiger partial charge in [0.05, 0.1) is 0 Å². The predicted octanol–water partition coefficient (Wildman–Crippen LogP) is 3.36. The van der Waals surface area contributed by atoms with Gasteiger partial charge in [-0.25, -0.2) is 4.98 Å². The van der Waals surface area contributed by atoms with Crippen molar-refractivity contribution in [2.45, 2.75) is 39.3 Å². The molecule has 0 aliphatic rings. The maximum Gasteiger partial charge on any atom is 0.422 e. The van der Waals surface area contributed by atoms with E-state index in [2.05, 4.69) is 20.0 Å². The van der Waals surface area contributed by atoms with Gasteiger partial charge in [-0.3, -0.25) is 0 Å². The number of hydrogen-bond acceptors (Lipinski definition) is 4. The van der Waals surface area contributed by atoms with E-state index in [4.69, 9.17) is 0 Å². The smallest absolute Gasteiger partial charge is 0.422 e. The van der Waals surface area contributed by atoms with Gasteiger partial charge in [0.2, 0.25) is 5.88 Å². The molecule has 0 radical (unpaired) electrons. The van der Waals surface area contributed by atoms with E-state index in [-0.39, 0.29) is 11.8 Å². The monoisotopic (exact) mass is 277 g/mol. The first kappa shape index (κ1) is 15.5. The van der Waals surface area contributed by atoms with Gasteiger partial charge in [0.1, 0.15) is 11.6 Å². The van der Waals surface area contributed by atoms with Crippen LogP contribution in [0.15, 0.2) is 6.07 Å². The molecule has 0 atom stereocenters. The SMILES string of the molecule is CCCNc1cc(OCC(F)(F)F)nc(C(C)C)n1. The van der Waals surface area contributed by atoms with Crippen molar-refractivity contribution in [1.82, 2.24) is 9.97 Å². The lowest BCUT2D eigenvalue weighted by atomic mass is 10.2. The number of anilines is 1. The van der Waals surface area contributed by atoms with Crippen LogP contribution in [0.4, 0.5) is 19.0 Å². The Hall–Kier alpha value is -1.53. The van der Waals surface area contributed by atoms with E-state index >= 15 is 0 Å². The number of rotatable bonds is 6. The Balaban J connectivity index is 2.86. The standard InChI is InChI=1S/C12H18F3N3O/c1-4-5-16-9-6-10(19-7-12(13,14)15)18-11(17-9)8(2)3/h6,8H,4-5,7H2,1-3H3,(H,16,17,18). The first-order chi connectivity index (χ1) is 8.81. The van der Waals surface area contributed by atoms with E-state index in [1.165, 1.54) is 6.07 Å². The topological polar surface area (TPSA) is 47.0 Å². The zero-order chi connectivity index (χ0) is 14.5. The van der Waals surface area contributed by atoms with Crippen molar-refractivity contribution in [3.8, 4) is 5.88 Å². The molecule has 4 nitrogen and oxygen atoms in total. The van der Waals surface area contributed by atoms with E-state index in [9.17, 15) is 13.2 Å². The molecule has 0 amide bonds. The molecule has 0 fully saturated rings. The van der Waals surface area contributed by atoms with Gasteiger partial charge in [-0.05, 0) is 6.42 Å². The fraction of sp³-hybridized carbons (Fsp3) is 0.667. The first-order valence-electron chi connectivity index (χ1n) is 6.14. The Morgan fingerprint density at radius 2 is 2.00 bits per heavy atom. The molecule has 19 heavy (non-hydrogen) atoms. The fourth-order valence-corrected chi connectivity index (χ4v) is 1.27. The Kier molecular flexibility index (Phi) is 5.38. The van der Waals surface area contributed by atoms with Crippen LogP contribution < -0.4 is 10.1 Å². The minimum Gasteiger partial charge on any atom is -0.468 e. The molecule has 1 heterocycles. The Bertz CT molecular complexity index is 408. The average molecular weight is 277 g/mol. The molecule has 1 rings (SSSR count). The van der Waals surface area contributed by atoms with Crippen LogP contribution in [0.3, 0.4) is 0 Å². The highest BCUT2D eigenvalue weighted by Gasteiger charge is 2.28. The Morgan fingerprint density at radius 1 is 1.32 bits per heavy atom. The van der Waals surface area contributed by atoms with Crippen LogP contribution in [0.1, 0.15) is 38.9 Å². The Labute approximate surface area is 110 Å². The van der Waals surface area contributed by atoms with Crippen LogP contribution in [0, 0.1) is 0 Å². The summed E-state index contributed by atoms with van der Waals surface area (Å²) in [6, 6.07) is 1.38. The van der Waals surface area contributed by atoms with Crippen molar-refractivity contribution in [2.75, 3.05) is 18.5 Å². The lowest BCUT2D eigenvalue weighted by Crippen LogP contribution is -2.20. The third-order valence-electron chi connectivity index (χ3n) is 2.18. The van der Waals surface area contributed by atoms with Crippen LogP contribution in [-0.4, -0.2) is 29.3 Å². The second-order valence-corrected chi connectivity index (χ2v) is 4.43. The molecule has 108 valence electrons. The highest BCUT2D eigenvalue weighted by atomic mass is 19.4. The summed E-state index contributed by atoms with van der Waals surface area (Å²) in [6.07, 6.45) is -3.49. The molecule has 1 aromatic rings. The summed E-state index contributed by atoms with van der Waals surface area (Å²) in [6.45, 7) is 5.06. The summed E-state index contributed by atoms with van der Waals surface area (Å²) in [5.74, 6) is 0.891. The van der Waals surface area contributed by atoms with Crippen LogP contribution in [-0.2, 0) is 0 Å². The quantitative estimate of drug-likeness (QED) is 0.866. The summed E-state index contributed by atoms with van der Waals surface area (Å²) in [5, 5.41) is 3.01. The number of alkyl halides is 3. The molecule has 0 saturated carbocycles. The van der Waals surface area contributed by atoms with E-state index in [1.54, 1.807) is 0 Å². The van der Waals surface area contributed by atoms with E-state index < -0.39 is 12.8 Å². The van der Waals surface area contributed by atoms with Crippen LogP contribution in [0.5, 0.6) is 5.88 Å². The molecule has 0 saturated heterocycles. The fourth-order valence-electron chi connectivity index (χ4n) is 1.27.